The fourth-order valence-electron chi connectivity index (χ4n) is 4.48. The van der Waals surface area contributed by atoms with Crippen LogP contribution in [-0.4, -0.2) is 97.9 Å². The number of rotatable bonds is 13. The Bertz CT molecular complexity index is 1760. The minimum atomic E-state index is -5.11. The Morgan fingerprint density at radius 2 is 1.98 bits per heavy atom. The van der Waals surface area contributed by atoms with Crippen LogP contribution in [0.1, 0.15) is 19.4 Å². The number of halogens is 2. The smallest absolute Gasteiger partial charge is 0.382 e. The number of aliphatic hydroxyl groups is 1. The molecular formula is C20H24F2N9O11P2+. The summed E-state index contributed by atoms with van der Waals surface area (Å²) in [4.78, 5) is 53.5. The highest BCUT2D eigenvalue weighted by molar-refractivity contribution is 7.47. The molecule has 4 aromatic rings. The van der Waals surface area contributed by atoms with Crippen molar-refractivity contribution in [1.29, 1.82) is 0 Å². The van der Waals surface area contributed by atoms with Crippen LogP contribution in [0.4, 0.5) is 14.6 Å². The van der Waals surface area contributed by atoms with Crippen LogP contribution in [0.2, 0.25) is 0 Å². The van der Waals surface area contributed by atoms with Gasteiger partial charge in [-0.3, -0.25) is 27.7 Å². The molecule has 0 bridgehead atoms. The second-order valence-electron chi connectivity index (χ2n) is 9.15. The number of aromatic amines is 1. The van der Waals surface area contributed by atoms with Crippen molar-refractivity contribution in [1.82, 2.24) is 39.0 Å². The van der Waals surface area contributed by atoms with E-state index in [1.807, 2.05) is 0 Å². The number of hydrogen-bond donors (Lipinski definition) is 5. The number of nitrogen functional groups attached to an aromatic ring is 1. The number of alkyl halides is 2. The number of aromatic nitrogens is 8. The lowest BCUT2D eigenvalue weighted by Crippen LogP contribution is -2.34. The van der Waals surface area contributed by atoms with Crippen molar-refractivity contribution in [3.05, 3.63) is 35.7 Å². The summed E-state index contributed by atoms with van der Waals surface area (Å²) < 4.78 is 81.3. The van der Waals surface area contributed by atoms with Crippen LogP contribution in [0.15, 0.2) is 30.1 Å². The third-order valence-corrected chi connectivity index (χ3v) is 7.74. The molecule has 0 amide bonds. The minimum Gasteiger partial charge on any atom is -0.382 e. The molecule has 0 saturated carbocycles. The van der Waals surface area contributed by atoms with Crippen LogP contribution < -0.4 is 11.3 Å². The van der Waals surface area contributed by atoms with E-state index in [2.05, 4.69) is 29.9 Å². The summed E-state index contributed by atoms with van der Waals surface area (Å²) in [5, 5.41) is 9.22. The maximum atomic E-state index is 15.6. The second-order valence-corrected chi connectivity index (χ2v) is 11.5. The van der Waals surface area contributed by atoms with Crippen LogP contribution in [0.5, 0.6) is 0 Å². The van der Waals surface area contributed by atoms with E-state index in [9.17, 15) is 33.2 Å². The Labute approximate surface area is 244 Å². The average molecular weight is 666 g/mol. The number of fused-ring (bicyclic) bond motifs is 2. The summed E-state index contributed by atoms with van der Waals surface area (Å²) >= 11 is 0. The third-order valence-electron chi connectivity index (χ3n) is 6.30. The van der Waals surface area contributed by atoms with Crippen molar-refractivity contribution in [2.24, 2.45) is 0 Å². The molecule has 1 fully saturated rings. The molecule has 4 aromatic heterocycles. The molecule has 5 rings (SSSR count). The van der Waals surface area contributed by atoms with Crippen LogP contribution in [0.3, 0.4) is 0 Å². The molecule has 0 spiro atoms. The molecule has 1 saturated heterocycles. The summed E-state index contributed by atoms with van der Waals surface area (Å²) in [6.07, 6.45) is -6.32. The highest BCUT2D eigenvalue weighted by atomic mass is 31.2. The Hall–Kier alpha value is -3.43. The van der Waals surface area contributed by atoms with E-state index in [1.165, 1.54) is 10.9 Å². The number of phosphoric ester groups is 1. The molecule has 24 heteroatoms. The number of nitrogens with zero attached hydrogens (tertiary/aromatic N) is 7. The fraction of sp³-hybridized carbons (Fsp3) is 0.500. The van der Waals surface area contributed by atoms with E-state index in [-0.39, 0.29) is 28.1 Å². The van der Waals surface area contributed by atoms with Crippen LogP contribution in [0, 0.1) is 0 Å². The number of ether oxygens (including phenoxy) is 3. The molecule has 9 atom stereocenters. The Morgan fingerprint density at radius 3 is 2.70 bits per heavy atom. The number of aliphatic hydroxyl groups excluding tert-OH is 1. The van der Waals surface area contributed by atoms with Gasteiger partial charge >= 0.3 is 22.4 Å². The van der Waals surface area contributed by atoms with Crippen molar-refractivity contribution >= 4 is 44.0 Å². The highest BCUT2D eigenvalue weighted by Crippen LogP contribution is 2.48. The summed E-state index contributed by atoms with van der Waals surface area (Å²) in [5.74, 6) is 0.00781. The SMILES string of the molecule is C[C@H](OP(=O)(O)OC[C@H]1O[C@@H](n2cnc3c(N)ncnc32)C(F)[C@H]1OC[P+](=O)O)[C@@H](OC(O)F)n1cnc2c(=O)[nH]cnc21. The van der Waals surface area contributed by atoms with Gasteiger partial charge in [-0.1, -0.05) is 0 Å². The van der Waals surface area contributed by atoms with E-state index in [0.29, 0.717) is 0 Å². The molecule has 1 aliphatic rings. The highest BCUT2D eigenvalue weighted by Gasteiger charge is 2.49. The average Bonchev–Trinajstić information content (AvgIpc) is 3.65. The number of nitrogens with two attached hydrogens (primary N) is 1. The largest absolute Gasteiger partial charge is 0.534 e. The lowest BCUT2D eigenvalue weighted by molar-refractivity contribution is -0.246. The molecule has 238 valence electrons. The van der Waals surface area contributed by atoms with Gasteiger partial charge in [-0.2, -0.15) is 9.28 Å². The van der Waals surface area contributed by atoms with Gasteiger partial charge in [-0.05, 0) is 11.5 Å². The maximum absolute atomic E-state index is 15.6. The zero-order valence-corrected chi connectivity index (χ0v) is 24.0. The number of nitrogens with one attached hydrogen (secondary N) is 1. The zero-order chi connectivity index (χ0) is 31.8. The van der Waals surface area contributed by atoms with E-state index < -0.39 is 77.8 Å². The van der Waals surface area contributed by atoms with E-state index in [4.69, 9.17) is 29.0 Å². The second kappa shape index (κ2) is 12.9. The summed E-state index contributed by atoms with van der Waals surface area (Å²) in [6, 6.07) is 0. The lowest BCUT2D eigenvalue weighted by Gasteiger charge is -2.27. The first kappa shape index (κ1) is 32.0. The van der Waals surface area contributed by atoms with Gasteiger partial charge in [0, 0.05) is 0 Å². The first-order valence-corrected chi connectivity index (χ1v) is 15.3. The molecule has 0 aliphatic carbocycles. The van der Waals surface area contributed by atoms with Gasteiger partial charge in [0.1, 0.15) is 30.2 Å². The molecule has 0 radical (unpaired) electrons. The van der Waals surface area contributed by atoms with E-state index in [0.717, 1.165) is 30.5 Å². The molecule has 44 heavy (non-hydrogen) atoms. The number of imidazole rings is 2. The molecule has 0 aromatic carbocycles. The van der Waals surface area contributed by atoms with Gasteiger partial charge in [0.2, 0.25) is 0 Å². The first-order chi connectivity index (χ1) is 20.9. The molecule has 5 heterocycles. The fourth-order valence-corrected chi connectivity index (χ4v) is 5.70. The van der Waals surface area contributed by atoms with Gasteiger partial charge < -0.3 is 30.2 Å². The van der Waals surface area contributed by atoms with E-state index >= 15 is 4.39 Å². The monoisotopic (exact) mass is 666 g/mol. The number of hydrogen-bond acceptors (Lipinski definition) is 15. The normalized spacial score (nSPS) is 24.4. The predicted molar refractivity (Wildman–Crippen MR) is 140 cm³/mol. The predicted octanol–water partition coefficient (Wildman–Crippen LogP) is 0.137. The van der Waals surface area contributed by atoms with Gasteiger partial charge in [0.05, 0.1) is 25.6 Å². The molecule has 1 aliphatic heterocycles. The maximum Gasteiger partial charge on any atom is 0.534 e. The van der Waals surface area contributed by atoms with E-state index in [1.54, 1.807) is 0 Å². The van der Waals surface area contributed by atoms with Crippen molar-refractivity contribution < 1.29 is 56.1 Å². The minimum absolute atomic E-state index is 0.00781. The Morgan fingerprint density at radius 1 is 1.23 bits per heavy atom. The van der Waals surface area contributed by atoms with Gasteiger partial charge in [0.15, 0.2) is 41.3 Å². The number of H-pyrrole nitrogens is 1. The lowest BCUT2D eigenvalue weighted by atomic mass is 10.1. The van der Waals surface area contributed by atoms with Crippen LogP contribution in [0.25, 0.3) is 22.3 Å². The topological polar surface area (TPSA) is 274 Å². The first-order valence-electron chi connectivity index (χ1n) is 12.4. The standard InChI is InChI=1S/C20H23F2N9O11P2/c1-8(18(41-20(22)33)30-6-29-12-16(30)26-4-27-17(12)32)42-44(36,37)39-2-9-13(38-7-43(34)35)10(21)19(40-9)31-5-28-11-14(23)24-3-25-15(11)31/h3-6,8-10,13,18-20,33H,2,7H2,1H3,(H4-,23,24,25,26,27,32,34,35,36,37)/p+1/t8-,9+,10?,13-,18+,19+,20?/m0/s1. The summed E-state index contributed by atoms with van der Waals surface area (Å²) in [5.41, 5.74) is 5.04. The number of phosphoric acid groups is 1. The number of anilines is 1. The van der Waals surface area contributed by atoms with Crippen molar-refractivity contribution in [3.8, 4) is 0 Å². The zero-order valence-electron chi connectivity index (χ0n) is 22.2. The van der Waals surface area contributed by atoms with Crippen molar-refractivity contribution in [2.75, 3.05) is 18.7 Å². The Kier molecular flexibility index (Phi) is 9.37. The van der Waals surface area contributed by atoms with Crippen LogP contribution in [-0.2, 0) is 32.4 Å². The van der Waals surface area contributed by atoms with Gasteiger partial charge in [-0.15, -0.1) is 0 Å². The molecular weight excluding hydrogens is 642 g/mol. The summed E-state index contributed by atoms with van der Waals surface area (Å²) in [7, 11) is -7.96. The van der Waals surface area contributed by atoms with Crippen molar-refractivity contribution in [2.45, 2.75) is 50.4 Å². The van der Waals surface area contributed by atoms with Gasteiger partial charge in [0.25, 0.3) is 11.9 Å². The quantitative estimate of drug-likeness (QED) is 0.0937. The van der Waals surface area contributed by atoms with Crippen LogP contribution >= 0.6 is 15.9 Å². The molecule has 4 unspecified atom stereocenters. The van der Waals surface area contributed by atoms with Gasteiger partial charge in [-0.25, -0.2) is 33.9 Å². The Balaban J connectivity index is 1.33. The third kappa shape index (κ3) is 6.64. The molecule has 20 nitrogen and oxygen atoms in total. The summed E-state index contributed by atoms with van der Waals surface area (Å²) in [6.45, 7) is -2.60. The molecule has 6 N–H and O–H groups in total. The van der Waals surface area contributed by atoms with Crippen molar-refractivity contribution in [3.63, 3.8) is 0 Å².